The Labute approximate surface area is 140 Å². The van der Waals surface area contributed by atoms with Gasteiger partial charge in [-0.15, -0.1) is 0 Å². The van der Waals surface area contributed by atoms with E-state index >= 15 is 0 Å². The lowest BCUT2D eigenvalue weighted by atomic mass is 10.2. The van der Waals surface area contributed by atoms with Gasteiger partial charge in [0, 0.05) is 57.1 Å². The monoisotopic (exact) mass is 318 g/mol. The van der Waals surface area contributed by atoms with Crippen LogP contribution in [0.15, 0.2) is 24.3 Å². The molecule has 2 N–H and O–H groups in total. The van der Waals surface area contributed by atoms with Crippen molar-refractivity contribution in [2.75, 3.05) is 56.5 Å². The highest BCUT2D eigenvalue weighted by Gasteiger charge is 2.13. The first kappa shape index (κ1) is 17.6. The summed E-state index contributed by atoms with van der Waals surface area (Å²) in [6.45, 7) is 10.0. The van der Waals surface area contributed by atoms with E-state index < -0.39 is 0 Å². The summed E-state index contributed by atoms with van der Waals surface area (Å²) in [6, 6.07) is 8.51. The zero-order valence-corrected chi connectivity index (χ0v) is 14.6. The fourth-order valence-electron chi connectivity index (χ4n) is 2.58. The average molecular weight is 318 g/mol. The molecule has 1 heterocycles. The highest BCUT2D eigenvalue weighted by molar-refractivity contribution is 5.76. The Morgan fingerprint density at radius 3 is 2.39 bits per heavy atom. The molecule has 1 aromatic carbocycles. The molecule has 1 amide bonds. The summed E-state index contributed by atoms with van der Waals surface area (Å²) >= 11 is 0. The summed E-state index contributed by atoms with van der Waals surface area (Å²) < 4.78 is 0. The molecule has 0 aromatic heterocycles. The fraction of sp³-hybridized carbons (Fsp3) is 0.611. The first-order chi connectivity index (χ1) is 11.0. The molecular weight excluding hydrogens is 288 g/mol. The Bertz CT molecular complexity index is 478. The van der Waals surface area contributed by atoms with Gasteiger partial charge in [-0.1, -0.05) is 13.8 Å². The molecule has 1 fully saturated rings. The first-order valence-corrected chi connectivity index (χ1v) is 8.58. The van der Waals surface area contributed by atoms with Crippen LogP contribution in [0, 0.1) is 5.92 Å². The maximum absolute atomic E-state index is 11.7. The number of nitrogens with zero attached hydrogens (tertiary/aromatic N) is 2. The minimum absolute atomic E-state index is 0.111. The van der Waals surface area contributed by atoms with E-state index in [0.717, 1.165) is 38.4 Å². The van der Waals surface area contributed by atoms with Crippen molar-refractivity contribution in [3.05, 3.63) is 24.3 Å². The molecule has 1 aromatic rings. The maximum Gasteiger partial charge on any atom is 0.221 e. The van der Waals surface area contributed by atoms with Crippen molar-refractivity contribution in [1.29, 1.82) is 0 Å². The van der Waals surface area contributed by atoms with E-state index in [0.29, 0.717) is 18.9 Å². The molecule has 1 saturated heterocycles. The quantitative estimate of drug-likeness (QED) is 0.807. The molecule has 5 heteroatoms. The molecule has 0 bridgehead atoms. The standard InChI is InChI=1S/C18H30N4O/c1-15(2)14-20-18(23)8-9-19-16-4-6-17(7-5-16)22-12-10-21(3)11-13-22/h4-7,15,19H,8-14H2,1-3H3,(H,20,23). The molecule has 23 heavy (non-hydrogen) atoms. The van der Waals surface area contributed by atoms with Crippen LogP contribution in [0.4, 0.5) is 11.4 Å². The number of piperazine rings is 1. The average Bonchev–Trinajstić information content (AvgIpc) is 2.54. The smallest absolute Gasteiger partial charge is 0.221 e. The fourth-order valence-corrected chi connectivity index (χ4v) is 2.58. The summed E-state index contributed by atoms with van der Waals surface area (Å²) in [5, 5.41) is 6.25. The third-order valence-electron chi connectivity index (χ3n) is 4.12. The normalized spacial score (nSPS) is 15.7. The Balaban J connectivity index is 1.71. The highest BCUT2D eigenvalue weighted by atomic mass is 16.1. The number of benzene rings is 1. The molecule has 1 aliphatic heterocycles. The summed E-state index contributed by atoms with van der Waals surface area (Å²) in [4.78, 5) is 16.4. The van der Waals surface area contributed by atoms with E-state index in [4.69, 9.17) is 0 Å². The summed E-state index contributed by atoms with van der Waals surface area (Å²) in [5.74, 6) is 0.606. The number of nitrogens with one attached hydrogen (secondary N) is 2. The molecule has 1 aliphatic rings. The number of rotatable bonds is 7. The molecule has 2 rings (SSSR count). The number of likely N-dealkylation sites (N-methyl/N-ethyl adjacent to an activating group) is 1. The Morgan fingerprint density at radius 2 is 1.78 bits per heavy atom. The van der Waals surface area contributed by atoms with Gasteiger partial charge >= 0.3 is 0 Å². The van der Waals surface area contributed by atoms with Crippen LogP contribution < -0.4 is 15.5 Å². The second-order valence-electron chi connectivity index (χ2n) is 6.71. The van der Waals surface area contributed by atoms with E-state index in [1.165, 1.54) is 5.69 Å². The van der Waals surface area contributed by atoms with Crippen LogP contribution >= 0.6 is 0 Å². The van der Waals surface area contributed by atoms with Crippen LogP contribution in [0.5, 0.6) is 0 Å². The number of carbonyl (C=O) groups excluding carboxylic acids is 1. The lowest BCUT2D eigenvalue weighted by molar-refractivity contribution is -0.120. The van der Waals surface area contributed by atoms with Crippen LogP contribution in [0.2, 0.25) is 0 Å². The molecule has 0 radical (unpaired) electrons. The predicted octanol–water partition coefficient (Wildman–Crippen LogP) is 2.01. The Morgan fingerprint density at radius 1 is 1.13 bits per heavy atom. The second kappa shape index (κ2) is 8.77. The van der Waals surface area contributed by atoms with Gasteiger partial charge in [0.15, 0.2) is 0 Å². The molecular formula is C18H30N4O. The van der Waals surface area contributed by atoms with Gasteiger partial charge in [-0.25, -0.2) is 0 Å². The van der Waals surface area contributed by atoms with E-state index in [2.05, 4.69) is 65.6 Å². The van der Waals surface area contributed by atoms with Gasteiger partial charge in [0.05, 0.1) is 0 Å². The second-order valence-corrected chi connectivity index (χ2v) is 6.71. The van der Waals surface area contributed by atoms with Crippen LogP contribution in [-0.2, 0) is 4.79 Å². The lowest BCUT2D eigenvalue weighted by Crippen LogP contribution is -2.44. The number of amides is 1. The number of anilines is 2. The largest absolute Gasteiger partial charge is 0.385 e. The molecule has 5 nitrogen and oxygen atoms in total. The lowest BCUT2D eigenvalue weighted by Gasteiger charge is -2.34. The highest BCUT2D eigenvalue weighted by Crippen LogP contribution is 2.19. The number of hydrogen-bond donors (Lipinski definition) is 2. The van der Waals surface area contributed by atoms with E-state index in [1.807, 2.05) is 0 Å². The van der Waals surface area contributed by atoms with Gasteiger partial charge in [0.1, 0.15) is 0 Å². The molecule has 0 aliphatic carbocycles. The van der Waals surface area contributed by atoms with Crippen molar-refractivity contribution < 1.29 is 4.79 Å². The Hall–Kier alpha value is -1.75. The molecule has 0 atom stereocenters. The Kier molecular flexibility index (Phi) is 6.71. The topological polar surface area (TPSA) is 47.6 Å². The van der Waals surface area contributed by atoms with Crippen molar-refractivity contribution in [3.63, 3.8) is 0 Å². The van der Waals surface area contributed by atoms with Crippen LogP contribution in [-0.4, -0.2) is 57.1 Å². The third-order valence-corrected chi connectivity index (χ3v) is 4.12. The molecule has 128 valence electrons. The van der Waals surface area contributed by atoms with Crippen molar-refractivity contribution >= 4 is 17.3 Å². The minimum atomic E-state index is 0.111. The first-order valence-electron chi connectivity index (χ1n) is 8.58. The minimum Gasteiger partial charge on any atom is -0.385 e. The van der Waals surface area contributed by atoms with Crippen LogP contribution in [0.25, 0.3) is 0 Å². The number of hydrogen-bond acceptors (Lipinski definition) is 4. The van der Waals surface area contributed by atoms with Gasteiger partial charge in [-0.3, -0.25) is 4.79 Å². The van der Waals surface area contributed by atoms with Crippen molar-refractivity contribution in [1.82, 2.24) is 10.2 Å². The van der Waals surface area contributed by atoms with Crippen molar-refractivity contribution in [3.8, 4) is 0 Å². The number of carbonyl (C=O) groups is 1. The van der Waals surface area contributed by atoms with E-state index in [1.54, 1.807) is 0 Å². The molecule has 0 unspecified atom stereocenters. The van der Waals surface area contributed by atoms with Gasteiger partial charge in [0.25, 0.3) is 0 Å². The zero-order valence-electron chi connectivity index (χ0n) is 14.6. The van der Waals surface area contributed by atoms with E-state index in [-0.39, 0.29) is 5.91 Å². The third kappa shape index (κ3) is 6.10. The van der Waals surface area contributed by atoms with Crippen molar-refractivity contribution in [2.24, 2.45) is 5.92 Å². The summed E-state index contributed by atoms with van der Waals surface area (Å²) in [6.07, 6.45) is 0.507. The van der Waals surface area contributed by atoms with Gasteiger partial charge in [0.2, 0.25) is 5.91 Å². The maximum atomic E-state index is 11.7. The van der Waals surface area contributed by atoms with Gasteiger partial charge in [-0.05, 0) is 37.2 Å². The van der Waals surface area contributed by atoms with E-state index in [9.17, 15) is 4.79 Å². The zero-order chi connectivity index (χ0) is 16.7. The molecule has 0 spiro atoms. The molecule has 0 saturated carbocycles. The van der Waals surface area contributed by atoms with Crippen LogP contribution in [0.1, 0.15) is 20.3 Å². The van der Waals surface area contributed by atoms with Gasteiger partial charge in [-0.2, -0.15) is 0 Å². The summed E-state index contributed by atoms with van der Waals surface area (Å²) in [5.41, 5.74) is 2.35. The van der Waals surface area contributed by atoms with Crippen LogP contribution in [0.3, 0.4) is 0 Å². The summed E-state index contributed by atoms with van der Waals surface area (Å²) in [7, 11) is 2.17. The van der Waals surface area contributed by atoms with Gasteiger partial charge < -0.3 is 20.4 Å². The SMILES string of the molecule is CC(C)CNC(=O)CCNc1ccc(N2CCN(C)CC2)cc1. The van der Waals surface area contributed by atoms with Crippen molar-refractivity contribution in [2.45, 2.75) is 20.3 Å². The predicted molar refractivity (Wildman–Crippen MR) is 97.1 cm³/mol.